The van der Waals surface area contributed by atoms with E-state index in [2.05, 4.69) is 0 Å². The lowest BCUT2D eigenvalue weighted by Crippen LogP contribution is -2.70. The standard InChI is InChI=1S/C12H7F13S/c13-7(14,3-1-6-2-4-26-5-6)8(15,16)9(17,18)10(19,20)11(21,22)12(23,24)25/h2,4-5H,1,3H2. The molecule has 0 aromatic carbocycles. The minimum atomic E-state index is -7.84. The predicted octanol–water partition coefficient (Wildman–Crippen LogP) is 6.42. The lowest BCUT2D eigenvalue weighted by atomic mass is 9.91. The maximum atomic E-state index is 13.4. The smallest absolute Gasteiger partial charge is 0.200 e. The van der Waals surface area contributed by atoms with Crippen LogP contribution in [0.25, 0.3) is 0 Å². The van der Waals surface area contributed by atoms with Crippen molar-refractivity contribution < 1.29 is 57.1 Å². The van der Waals surface area contributed by atoms with Crippen molar-refractivity contribution in [3.8, 4) is 0 Å². The van der Waals surface area contributed by atoms with E-state index in [-0.39, 0.29) is 5.56 Å². The van der Waals surface area contributed by atoms with E-state index in [9.17, 15) is 57.1 Å². The number of alkyl halides is 13. The Morgan fingerprint density at radius 1 is 0.654 bits per heavy atom. The molecule has 0 nitrogen and oxygen atoms in total. The van der Waals surface area contributed by atoms with Crippen molar-refractivity contribution >= 4 is 11.3 Å². The van der Waals surface area contributed by atoms with Crippen molar-refractivity contribution in [3.05, 3.63) is 22.4 Å². The van der Waals surface area contributed by atoms with E-state index in [1.807, 2.05) is 0 Å². The van der Waals surface area contributed by atoms with Gasteiger partial charge in [-0.25, -0.2) is 0 Å². The second-order valence-corrected chi connectivity index (χ2v) is 5.91. The fraction of sp³-hybridized carbons (Fsp3) is 0.667. The number of aryl methyl sites for hydroxylation is 1. The van der Waals surface area contributed by atoms with Crippen LogP contribution < -0.4 is 0 Å². The molecule has 0 bridgehead atoms. The average Bonchev–Trinajstić information content (AvgIpc) is 2.96. The van der Waals surface area contributed by atoms with Gasteiger partial charge in [-0.1, -0.05) is 0 Å². The summed E-state index contributed by atoms with van der Waals surface area (Å²) in [5.41, 5.74) is -0.0822. The van der Waals surface area contributed by atoms with Crippen molar-refractivity contribution in [3.63, 3.8) is 0 Å². The Balaban J connectivity index is 3.25. The number of thiophene rings is 1. The van der Waals surface area contributed by atoms with Crippen LogP contribution in [0.1, 0.15) is 12.0 Å². The zero-order valence-electron chi connectivity index (χ0n) is 12.0. The van der Waals surface area contributed by atoms with Gasteiger partial charge in [0.25, 0.3) is 0 Å². The fourth-order valence-electron chi connectivity index (χ4n) is 1.70. The van der Waals surface area contributed by atoms with E-state index in [1.54, 1.807) is 0 Å². The minimum absolute atomic E-state index is 0.0822. The van der Waals surface area contributed by atoms with E-state index < -0.39 is 48.6 Å². The molecule has 0 aliphatic heterocycles. The summed E-state index contributed by atoms with van der Waals surface area (Å²) < 4.78 is 167. The van der Waals surface area contributed by atoms with Gasteiger partial charge in [0.05, 0.1) is 0 Å². The first-order valence-electron chi connectivity index (χ1n) is 6.30. The highest BCUT2D eigenvalue weighted by Gasteiger charge is 2.90. The molecular formula is C12H7F13S. The summed E-state index contributed by atoms with van der Waals surface area (Å²) in [5.74, 6) is -36.4. The molecule has 0 spiro atoms. The Bertz CT molecular complexity index is 599. The number of rotatable bonds is 7. The lowest BCUT2D eigenvalue weighted by Gasteiger charge is -2.39. The van der Waals surface area contributed by atoms with E-state index in [0.29, 0.717) is 0 Å². The molecule has 0 saturated heterocycles. The molecule has 0 amide bonds. The normalized spacial score (nSPS) is 15.4. The molecule has 1 heterocycles. The first-order valence-corrected chi connectivity index (χ1v) is 7.24. The topological polar surface area (TPSA) is 0 Å². The Morgan fingerprint density at radius 2 is 1.12 bits per heavy atom. The van der Waals surface area contributed by atoms with Gasteiger partial charge in [-0.3, -0.25) is 0 Å². The van der Waals surface area contributed by atoms with Crippen LogP contribution in [0, 0.1) is 0 Å². The fourth-order valence-corrected chi connectivity index (χ4v) is 2.40. The van der Waals surface area contributed by atoms with Crippen molar-refractivity contribution in [2.24, 2.45) is 0 Å². The molecule has 0 aliphatic carbocycles. The molecule has 0 aliphatic rings. The quantitative estimate of drug-likeness (QED) is 0.438. The number of hydrogen-bond acceptors (Lipinski definition) is 1. The molecule has 0 saturated carbocycles. The summed E-state index contributed by atoms with van der Waals surface area (Å²) in [6, 6.07) is 1.10. The first kappa shape index (κ1) is 22.8. The van der Waals surface area contributed by atoms with Crippen LogP contribution >= 0.6 is 11.3 Å². The van der Waals surface area contributed by atoms with E-state index in [4.69, 9.17) is 0 Å². The van der Waals surface area contributed by atoms with Gasteiger partial charge >= 0.3 is 35.8 Å². The molecule has 1 aromatic heterocycles. The third kappa shape index (κ3) is 3.36. The molecular weight excluding hydrogens is 423 g/mol. The zero-order chi connectivity index (χ0) is 20.8. The molecule has 0 unspecified atom stereocenters. The molecule has 26 heavy (non-hydrogen) atoms. The number of halogens is 13. The van der Waals surface area contributed by atoms with Gasteiger partial charge in [0.15, 0.2) is 0 Å². The second kappa shape index (κ2) is 6.44. The van der Waals surface area contributed by atoms with Crippen LogP contribution in [0.2, 0.25) is 0 Å². The first-order chi connectivity index (χ1) is 11.3. The molecule has 152 valence electrons. The van der Waals surface area contributed by atoms with Crippen LogP contribution in [0.3, 0.4) is 0 Å². The van der Waals surface area contributed by atoms with Crippen molar-refractivity contribution in [1.82, 2.24) is 0 Å². The Hall–Kier alpha value is -1.21. The summed E-state index contributed by atoms with van der Waals surface area (Å²) in [6.07, 6.45) is -10.6. The molecule has 1 aromatic rings. The largest absolute Gasteiger partial charge is 0.460 e. The third-order valence-electron chi connectivity index (χ3n) is 3.31. The highest BCUT2D eigenvalue weighted by molar-refractivity contribution is 7.07. The maximum absolute atomic E-state index is 13.4. The monoisotopic (exact) mass is 430 g/mol. The molecule has 1 rings (SSSR count). The van der Waals surface area contributed by atoms with Gasteiger partial charge in [-0.05, 0) is 28.8 Å². The SMILES string of the molecule is FC(F)(F)C(F)(F)C(F)(F)C(F)(F)C(F)(F)C(F)(F)CCc1ccsc1. The number of hydrogen-bond donors (Lipinski definition) is 0. The molecule has 0 N–H and O–H groups in total. The van der Waals surface area contributed by atoms with E-state index in [1.165, 1.54) is 5.38 Å². The molecule has 0 atom stereocenters. The third-order valence-corrected chi connectivity index (χ3v) is 4.04. The van der Waals surface area contributed by atoms with Crippen LogP contribution in [-0.4, -0.2) is 35.8 Å². The maximum Gasteiger partial charge on any atom is 0.460 e. The minimum Gasteiger partial charge on any atom is -0.200 e. The van der Waals surface area contributed by atoms with Crippen LogP contribution in [0.5, 0.6) is 0 Å². The van der Waals surface area contributed by atoms with Crippen LogP contribution in [0.4, 0.5) is 57.1 Å². The van der Waals surface area contributed by atoms with Crippen molar-refractivity contribution in [2.45, 2.75) is 48.6 Å². The summed E-state index contributed by atoms with van der Waals surface area (Å²) in [7, 11) is 0. The highest BCUT2D eigenvalue weighted by Crippen LogP contribution is 2.60. The Kier molecular flexibility index (Phi) is 5.66. The predicted molar refractivity (Wildman–Crippen MR) is 63.4 cm³/mol. The summed E-state index contributed by atoms with van der Waals surface area (Å²) >= 11 is 0.889. The van der Waals surface area contributed by atoms with Crippen molar-refractivity contribution in [1.29, 1.82) is 0 Å². The summed E-state index contributed by atoms with van der Waals surface area (Å²) in [4.78, 5) is 0. The van der Waals surface area contributed by atoms with Gasteiger partial charge in [0.1, 0.15) is 0 Å². The van der Waals surface area contributed by atoms with Gasteiger partial charge in [-0.2, -0.15) is 68.4 Å². The van der Waals surface area contributed by atoms with E-state index >= 15 is 0 Å². The van der Waals surface area contributed by atoms with Gasteiger partial charge < -0.3 is 0 Å². The summed E-state index contributed by atoms with van der Waals surface area (Å²) in [6.45, 7) is 0. The van der Waals surface area contributed by atoms with Gasteiger partial charge in [0.2, 0.25) is 0 Å². The summed E-state index contributed by atoms with van der Waals surface area (Å²) in [5, 5.41) is 2.40. The van der Waals surface area contributed by atoms with Crippen LogP contribution in [0.15, 0.2) is 16.8 Å². The molecule has 0 radical (unpaired) electrons. The van der Waals surface area contributed by atoms with E-state index in [0.717, 1.165) is 22.8 Å². The van der Waals surface area contributed by atoms with Crippen molar-refractivity contribution in [2.75, 3.05) is 0 Å². The second-order valence-electron chi connectivity index (χ2n) is 5.13. The van der Waals surface area contributed by atoms with Gasteiger partial charge in [0, 0.05) is 6.42 Å². The lowest BCUT2D eigenvalue weighted by molar-refractivity contribution is -0.440. The zero-order valence-corrected chi connectivity index (χ0v) is 12.8. The van der Waals surface area contributed by atoms with Crippen LogP contribution in [-0.2, 0) is 6.42 Å². The van der Waals surface area contributed by atoms with Gasteiger partial charge in [-0.15, -0.1) is 0 Å². The Morgan fingerprint density at radius 3 is 1.50 bits per heavy atom. The molecule has 14 heteroatoms. The average molecular weight is 430 g/mol. The highest BCUT2D eigenvalue weighted by atomic mass is 32.1. The molecule has 0 fully saturated rings. The Labute approximate surface area is 140 Å².